The van der Waals surface area contributed by atoms with Gasteiger partial charge in [-0.05, 0) is 30.9 Å². The molecule has 1 aliphatic rings. The number of hydrogen-bond acceptors (Lipinski definition) is 3. The molecule has 3 nitrogen and oxygen atoms in total. The van der Waals surface area contributed by atoms with Crippen molar-refractivity contribution in [3.63, 3.8) is 0 Å². The van der Waals surface area contributed by atoms with E-state index in [0.717, 1.165) is 19.3 Å². The van der Waals surface area contributed by atoms with Gasteiger partial charge in [0.15, 0.2) is 5.54 Å². The van der Waals surface area contributed by atoms with Crippen LogP contribution in [0.15, 0.2) is 18.3 Å². The molecule has 1 saturated carbocycles. The smallest absolute Gasteiger partial charge is 0.188 e. The van der Waals surface area contributed by atoms with E-state index in [1.54, 1.807) is 0 Å². The minimum absolute atomic E-state index is 0.660. The van der Waals surface area contributed by atoms with E-state index in [2.05, 4.69) is 18.3 Å². The molecule has 0 aliphatic heterocycles. The van der Waals surface area contributed by atoms with Crippen LogP contribution >= 0.6 is 0 Å². The zero-order chi connectivity index (χ0) is 9.45. The van der Waals surface area contributed by atoms with Gasteiger partial charge >= 0.3 is 0 Å². The summed E-state index contributed by atoms with van der Waals surface area (Å²) in [6.45, 7) is 6.00. The molecule has 1 rings (SSSR count). The van der Waals surface area contributed by atoms with Crippen LogP contribution < -0.4 is 0 Å². The summed E-state index contributed by atoms with van der Waals surface area (Å²) in [6, 6.07) is 1.99. The minimum Gasteiger partial charge on any atom is -0.195 e. The van der Waals surface area contributed by atoms with Crippen molar-refractivity contribution < 1.29 is 0 Å². The third-order valence-electron chi connectivity index (χ3n) is 2.06. The Kier molecular flexibility index (Phi) is 4.94. The molecule has 0 unspecified atom stereocenters. The lowest BCUT2D eigenvalue weighted by atomic mass is 9.84. The van der Waals surface area contributed by atoms with Crippen molar-refractivity contribution in [3.8, 4) is 6.07 Å². The van der Waals surface area contributed by atoms with Gasteiger partial charge in [-0.15, -0.1) is 18.1 Å². The molecule has 0 aromatic heterocycles. The van der Waals surface area contributed by atoms with E-state index >= 15 is 0 Å². The molecule has 12 heavy (non-hydrogen) atoms. The molecule has 0 N–H and O–H groups in total. The van der Waals surface area contributed by atoms with E-state index in [1.807, 2.05) is 6.07 Å². The van der Waals surface area contributed by atoms with Crippen molar-refractivity contribution in [1.29, 1.82) is 5.26 Å². The Morgan fingerprint density at radius 2 is 1.75 bits per heavy atom. The Labute approximate surface area is 73.1 Å². The highest BCUT2D eigenvalue weighted by Crippen LogP contribution is 2.30. The number of rotatable bonds is 1. The van der Waals surface area contributed by atoms with Gasteiger partial charge in [-0.25, -0.2) is 0 Å². The minimum atomic E-state index is -0.863. The Bertz CT molecular complexity index is 177. The molecule has 0 aromatic rings. The maximum absolute atomic E-state index is 10.2. The predicted molar refractivity (Wildman–Crippen MR) is 48.5 cm³/mol. The number of nitriles is 1. The first-order chi connectivity index (χ1) is 5.83. The Balaban J connectivity index is 0.000000561. The monoisotopic (exact) mass is 166 g/mol. The number of nitrogens with zero attached hydrogens (tertiary/aromatic N) is 2. The van der Waals surface area contributed by atoms with Gasteiger partial charge in [0, 0.05) is 0 Å². The van der Waals surface area contributed by atoms with E-state index in [4.69, 9.17) is 5.26 Å². The lowest BCUT2D eigenvalue weighted by Crippen LogP contribution is -2.26. The summed E-state index contributed by atoms with van der Waals surface area (Å²) in [5, 5.41) is 11.5. The standard InChI is InChI=1S/C7H10N2O.C2H4/c8-6-7(9-10)4-2-1-3-5-7;1-2/h1-5H2;1-2H2. The molecule has 3 heteroatoms. The van der Waals surface area contributed by atoms with Gasteiger partial charge in [0.2, 0.25) is 0 Å². The van der Waals surface area contributed by atoms with Gasteiger partial charge in [-0.1, -0.05) is 6.42 Å². The number of nitroso groups, excluding NO2 is 1. The molecule has 0 atom stereocenters. The van der Waals surface area contributed by atoms with Crippen molar-refractivity contribution in [3.05, 3.63) is 18.1 Å². The Hall–Kier alpha value is -1.17. The molecule has 66 valence electrons. The zero-order valence-corrected chi connectivity index (χ0v) is 7.25. The van der Waals surface area contributed by atoms with Crippen LogP contribution in [0.2, 0.25) is 0 Å². The third kappa shape index (κ3) is 2.46. The predicted octanol–water partition coefficient (Wildman–Crippen LogP) is 2.78. The van der Waals surface area contributed by atoms with Crippen molar-refractivity contribution in [2.45, 2.75) is 37.6 Å². The quantitative estimate of drug-likeness (QED) is 0.444. The second-order valence-electron chi connectivity index (χ2n) is 2.80. The average Bonchev–Trinajstić information content (AvgIpc) is 2.22. The van der Waals surface area contributed by atoms with Crippen molar-refractivity contribution in [2.75, 3.05) is 0 Å². The molecular weight excluding hydrogens is 152 g/mol. The first-order valence-electron chi connectivity index (χ1n) is 4.09. The summed E-state index contributed by atoms with van der Waals surface area (Å²) in [4.78, 5) is 10.2. The molecule has 0 heterocycles. The van der Waals surface area contributed by atoms with Crippen LogP contribution in [0.5, 0.6) is 0 Å². The first kappa shape index (κ1) is 10.8. The van der Waals surface area contributed by atoms with Crippen LogP contribution in [0.25, 0.3) is 0 Å². The van der Waals surface area contributed by atoms with Gasteiger partial charge in [0.05, 0.1) is 6.07 Å². The van der Waals surface area contributed by atoms with E-state index < -0.39 is 5.54 Å². The summed E-state index contributed by atoms with van der Waals surface area (Å²) < 4.78 is 0. The van der Waals surface area contributed by atoms with Crippen LogP contribution in [0, 0.1) is 16.2 Å². The highest BCUT2D eigenvalue weighted by Gasteiger charge is 2.33. The first-order valence-corrected chi connectivity index (χ1v) is 4.09. The fourth-order valence-corrected chi connectivity index (χ4v) is 1.36. The van der Waals surface area contributed by atoms with Gasteiger partial charge < -0.3 is 0 Å². The Morgan fingerprint density at radius 3 is 2.00 bits per heavy atom. The zero-order valence-electron chi connectivity index (χ0n) is 7.25. The van der Waals surface area contributed by atoms with E-state index in [9.17, 15) is 4.91 Å². The number of hydrogen-bond donors (Lipinski definition) is 0. The van der Waals surface area contributed by atoms with Crippen molar-refractivity contribution >= 4 is 0 Å². The second kappa shape index (κ2) is 5.48. The fraction of sp³-hybridized carbons (Fsp3) is 0.667. The van der Waals surface area contributed by atoms with Gasteiger partial charge in [0.1, 0.15) is 0 Å². The molecule has 0 amide bonds. The van der Waals surface area contributed by atoms with Gasteiger partial charge in [0.25, 0.3) is 0 Å². The molecule has 1 fully saturated rings. The molecule has 0 bridgehead atoms. The molecule has 0 radical (unpaired) electrons. The van der Waals surface area contributed by atoms with E-state index in [1.165, 1.54) is 0 Å². The summed E-state index contributed by atoms with van der Waals surface area (Å²) in [5.74, 6) is 0. The molecule has 0 saturated heterocycles. The Morgan fingerprint density at radius 1 is 1.25 bits per heavy atom. The van der Waals surface area contributed by atoms with Gasteiger partial charge in [-0.2, -0.15) is 5.26 Å². The average molecular weight is 166 g/mol. The third-order valence-corrected chi connectivity index (χ3v) is 2.06. The van der Waals surface area contributed by atoms with E-state index in [-0.39, 0.29) is 0 Å². The highest BCUT2D eigenvalue weighted by molar-refractivity contribution is 5.08. The maximum Gasteiger partial charge on any atom is 0.188 e. The van der Waals surface area contributed by atoms with E-state index in [0.29, 0.717) is 12.8 Å². The molecule has 0 spiro atoms. The summed E-state index contributed by atoms with van der Waals surface area (Å²) in [6.07, 6.45) is 4.40. The van der Waals surface area contributed by atoms with Crippen LogP contribution in [-0.4, -0.2) is 5.54 Å². The lowest BCUT2D eigenvalue weighted by molar-refractivity contribution is 0.367. The summed E-state index contributed by atoms with van der Waals surface area (Å²) in [7, 11) is 0. The molecule has 1 aliphatic carbocycles. The SMILES string of the molecule is C=C.N#CC1(N=O)CCCCC1. The van der Waals surface area contributed by atoms with Crippen LogP contribution in [0.4, 0.5) is 0 Å². The highest BCUT2D eigenvalue weighted by atomic mass is 16.3. The normalized spacial score (nSPS) is 19.6. The molecule has 0 aromatic carbocycles. The summed E-state index contributed by atoms with van der Waals surface area (Å²) >= 11 is 0. The second-order valence-corrected chi connectivity index (χ2v) is 2.80. The van der Waals surface area contributed by atoms with Gasteiger partial charge in [-0.3, -0.25) is 0 Å². The van der Waals surface area contributed by atoms with Crippen LogP contribution in [0.3, 0.4) is 0 Å². The van der Waals surface area contributed by atoms with Crippen molar-refractivity contribution in [1.82, 2.24) is 0 Å². The van der Waals surface area contributed by atoms with Crippen LogP contribution in [-0.2, 0) is 0 Å². The lowest BCUT2D eigenvalue weighted by Gasteiger charge is -2.22. The topological polar surface area (TPSA) is 53.2 Å². The largest absolute Gasteiger partial charge is 0.195 e. The molecular formula is C9H14N2O. The van der Waals surface area contributed by atoms with Crippen molar-refractivity contribution in [2.24, 2.45) is 5.18 Å². The maximum atomic E-state index is 10.2. The fourth-order valence-electron chi connectivity index (χ4n) is 1.36. The van der Waals surface area contributed by atoms with Crippen LogP contribution in [0.1, 0.15) is 32.1 Å². The summed E-state index contributed by atoms with van der Waals surface area (Å²) in [5.41, 5.74) is -0.863.